The molecule has 1 aliphatic rings. The van der Waals surface area contributed by atoms with E-state index in [0.717, 1.165) is 0 Å². The Morgan fingerprint density at radius 3 is 2.64 bits per heavy atom. The number of anilines is 1. The zero-order valence-corrected chi connectivity index (χ0v) is 9.46. The van der Waals surface area contributed by atoms with E-state index in [0.29, 0.717) is 21.3 Å². The normalized spacial score (nSPS) is 24.7. The molecule has 1 N–H and O–H groups in total. The third-order valence-corrected chi connectivity index (χ3v) is 3.12. The number of alkyl halides is 1. The molecule has 1 atom stereocenters. The first-order chi connectivity index (χ1) is 6.43. The summed E-state index contributed by atoms with van der Waals surface area (Å²) in [4.78, 5) is 10.4. The standard InChI is InChI=1S/C9H6Cl3NO/c1-9(12)5-2-4(10)3-6(11)7(5)13-8(9)14/h2-3H,1H3,(H,13,14). The van der Waals surface area contributed by atoms with Gasteiger partial charge < -0.3 is 5.32 Å². The van der Waals surface area contributed by atoms with Gasteiger partial charge in [0.1, 0.15) is 4.87 Å². The van der Waals surface area contributed by atoms with Crippen LogP contribution in [0.15, 0.2) is 12.1 Å². The number of rotatable bonds is 0. The van der Waals surface area contributed by atoms with Crippen molar-refractivity contribution in [1.82, 2.24) is 0 Å². The van der Waals surface area contributed by atoms with Crippen LogP contribution in [0.3, 0.4) is 0 Å². The quantitative estimate of drug-likeness (QED) is 0.703. The Morgan fingerprint density at radius 2 is 2.00 bits per heavy atom. The highest BCUT2D eigenvalue weighted by atomic mass is 35.5. The van der Waals surface area contributed by atoms with Gasteiger partial charge in [0, 0.05) is 10.6 Å². The molecule has 1 amide bonds. The summed E-state index contributed by atoms with van der Waals surface area (Å²) in [7, 11) is 0. The lowest BCUT2D eigenvalue weighted by Gasteiger charge is -2.12. The van der Waals surface area contributed by atoms with E-state index >= 15 is 0 Å². The van der Waals surface area contributed by atoms with Crippen LogP contribution in [0.4, 0.5) is 5.69 Å². The van der Waals surface area contributed by atoms with E-state index < -0.39 is 4.87 Å². The lowest BCUT2D eigenvalue weighted by molar-refractivity contribution is -0.117. The molecule has 5 heteroatoms. The fourth-order valence-corrected chi connectivity index (χ4v) is 2.16. The monoisotopic (exact) mass is 249 g/mol. The van der Waals surface area contributed by atoms with Crippen molar-refractivity contribution < 1.29 is 4.79 Å². The molecule has 0 saturated carbocycles. The molecule has 1 aromatic rings. The van der Waals surface area contributed by atoms with Crippen molar-refractivity contribution >= 4 is 46.4 Å². The summed E-state index contributed by atoms with van der Waals surface area (Å²) in [5.74, 6) is -0.279. The van der Waals surface area contributed by atoms with Crippen molar-refractivity contribution in [3.05, 3.63) is 27.7 Å². The first-order valence-electron chi connectivity index (χ1n) is 3.93. The third-order valence-electron chi connectivity index (χ3n) is 2.23. The van der Waals surface area contributed by atoms with Crippen LogP contribution in [-0.4, -0.2) is 5.91 Å². The Hall–Kier alpha value is -0.440. The molecule has 1 aromatic carbocycles. The molecule has 0 aliphatic carbocycles. The van der Waals surface area contributed by atoms with Crippen LogP contribution in [0.5, 0.6) is 0 Å². The molecule has 0 fully saturated rings. The number of halogens is 3. The van der Waals surface area contributed by atoms with Gasteiger partial charge in [-0.15, -0.1) is 11.6 Å². The van der Waals surface area contributed by atoms with Crippen LogP contribution in [0.25, 0.3) is 0 Å². The lowest BCUT2D eigenvalue weighted by atomic mass is 10.0. The van der Waals surface area contributed by atoms with Gasteiger partial charge in [0.25, 0.3) is 0 Å². The largest absolute Gasteiger partial charge is 0.323 e. The smallest absolute Gasteiger partial charge is 0.249 e. The highest BCUT2D eigenvalue weighted by Crippen LogP contribution is 2.45. The van der Waals surface area contributed by atoms with Gasteiger partial charge in [-0.1, -0.05) is 23.2 Å². The third kappa shape index (κ3) is 1.29. The van der Waals surface area contributed by atoms with Crippen molar-refractivity contribution in [1.29, 1.82) is 0 Å². The molecule has 0 spiro atoms. The predicted octanol–water partition coefficient (Wildman–Crippen LogP) is 3.40. The maximum Gasteiger partial charge on any atom is 0.249 e. The second-order valence-electron chi connectivity index (χ2n) is 3.27. The fraction of sp³-hybridized carbons (Fsp3) is 0.222. The average Bonchev–Trinajstić information content (AvgIpc) is 2.28. The molecule has 1 heterocycles. The van der Waals surface area contributed by atoms with Crippen LogP contribution < -0.4 is 5.32 Å². The van der Waals surface area contributed by atoms with Gasteiger partial charge in [-0.2, -0.15) is 0 Å². The summed E-state index contributed by atoms with van der Waals surface area (Å²) in [6.07, 6.45) is 0. The molecule has 14 heavy (non-hydrogen) atoms. The van der Waals surface area contributed by atoms with Crippen LogP contribution >= 0.6 is 34.8 Å². The number of fused-ring (bicyclic) bond motifs is 1. The first-order valence-corrected chi connectivity index (χ1v) is 5.06. The molecular formula is C9H6Cl3NO. The van der Waals surface area contributed by atoms with Gasteiger partial charge in [-0.05, 0) is 19.1 Å². The number of hydrogen-bond donors (Lipinski definition) is 1. The van der Waals surface area contributed by atoms with Crippen molar-refractivity contribution in [3.63, 3.8) is 0 Å². The SMILES string of the molecule is CC1(Cl)C(=O)Nc2c(Cl)cc(Cl)cc21. The highest BCUT2D eigenvalue weighted by molar-refractivity contribution is 6.43. The molecule has 2 rings (SSSR count). The minimum Gasteiger partial charge on any atom is -0.323 e. The van der Waals surface area contributed by atoms with E-state index in [4.69, 9.17) is 34.8 Å². The zero-order valence-electron chi connectivity index (χ0n) is 7.20. The number of benzene rings is 1. The maximum atomic E-state index is 11.5. The van der Waals surface area contributed by atoms with Crippen molar-refractivity contribution in [2.45, 2.75) is 11.8 Å². The number of amides is 1. The summed E-state index contributed by atoms with van der Waals surface area (Å²) >= 11 is 17.8. The average molecular weight is 251 g/mol. The number of carbonyl (C=O) groups excluding carboxylic acids is 1. The van der Waals surface area contributed by atoms with Crippen molar-refractivity contribution in [2.24, 2.45) is 0 Å². The number of hydrogen-bond acceptors (Lipinski definition) is 1. The van der Waals surface area contributed by atoms with Gasteiger partial charge >= 0.3 is 0 Å². The van der Waals surface area contributed by atoms with Gasteiger partial charge in [0.15, 0.2) is 0 Å². The summed E-state index contributed by atoms with van der Waals surface area (Å²) in [5.41, 5.74) is 1.18. The summed E-state index contributed by atoms with van der Waals surface area (Å²) < 4.78 is 0. The highest BCUT2D eigenvalue weighted by Gasteiger charge is 2.42. The van der Waals surface area contributed by atoms with Gasteiger partial charge in [0.05, 0.1) is 10.7 Å². The Balaban J connectivity index is 2.71. The van der Waals surface area contributed by atoms with E-state index in [1.807, 2.05) is 0 Å². The Bertz CT molecular complexity index is 428. The van der Waals surface area contributed by atoms with Crippen LogP contribution in [-0.2, 0) is 9.67 Å². The molecular weight excluding hydrogens is 244 g/mol. The van der Waals surface area contributed by atoms with Crippen LogP contribution in [0, 0.1) is 0 Å². The predicted molar refractivity (Wildman–Crippen MR) is 58.3 cm³/mol. The Kier molecular flexibility index (Phi) is 2.18. The molecule has 0 aromatic heterocycles. The second-order valence-corrected chi connectivity index (χ2v) is 4.87. The lowest BCUT2D eigenvalue weighted by Crippen LogP contribution is -2.24. The Morgan fingerprint density at radius 1 is 1.36 bits per heavy atom. The van der Waals surface area contributed by atoms with Gasteiger partial charge in [-0.3, -0.25) is 4.79 Å². The summed E-state index contributed by atoms with van der Waals surface area (Å²) in [6.45, 7) is 1.61. The Labute approximate surface area is 96.1 Å². The first kappa shape index (κ1) is 10.1. The van der Waals surface area contributed by atoms with Crippen LogP contribution in [0.2, 0.25) is 10.0 Å². The van der Waals surface area contributed by atoms with E-state index in [9.17, 15) is 4.79 Å². The van der Waals surface area contributed by atoms with Crippen molar-refractivity contribution in [3.8, 4) is 0 Å². The topological polar surface area (TPSA) is 29.1 Å². The molecule has 1 aliphatic heterocycles. The van der Waals surface area contributed by atoms with Gasteiger partial charge in [0.2, 0.25) is 5.91 Å². The molecule has 74 valence electrons. The fourth-order valence-electron chi connectivity index (χ4n) is 1.42. The molecule has 1 unspecified atom stereocenters. The zero-order chi connectivity index (χ0) is 10.5. The van der Waals surface area contributed by atoms with E-state index in [1.165, 1.54) is 0 Å². The minimum absolute atomic E-state index is 0.279. The second kappa shape index (κ2) is 3.02. The van der Waals surface area contributed by atoms with E-state index in [2.05, 4.69) is 5.32 Å². The van der Waals surface area contributed by atoms with Crippen molar-refractivity contribution in [2.75, 3.05) is 5.32 Å². The summed E-state index contributed by atoms with van der Waals surface area (Å²) in [6, 6.07) is 3.22. The number of nitrogens with one attached hydrogen (secondary N) is 1. The maximum absolute atomic E-state index is 11.5. The molecule has 0 bridgehead atoms. The minimum atomic E-state index is -1.08. The van der Waals surface area contributed by atoms with Gasteiger partial charge in [-0.25, -0.2) is 0 Å². The molecule has 2 nitrogen and oxygen atoms in total. The van der Waals surface area contributed by atoms with E-state index in [-0.39, 0.29) is 5.91 Å². The number of carbonyl (C=O) groups is 1. The van der Waals surface area contributed by atoms with Crippen LogP contribution in [0.1, 0.15) is 12.5 Å². The molecule has 0 saturated heterocycles. The molecule has 0 radical (unpaired) electrons. The van der Waals surface area contributed by atoms with E-state index in [1.54, 1.807) is 19.1 Å². The summed E-state index contributed by atoms with van der Waals surface area (Å²) in [5, 5.41) is 3.50.